The van der Waals surface area contributed by atoms with Crippen LogP contribution in [-0.2, 0) is 14.6 Å². The number of rotatable bonds is 7. The summed E-state index contributed by atoms with van der Waals surface area (Å²) >= 11 is 0. The highest BCUT2D eigenvalue weighted by Gasteiger charge is 2.31. The van der Waals surface area contributed by atoms with Gasteiger partial charge in [-0.1, -0.05) is 13.0 Å². The first-order valence-electron chi connectivity index (χ1n) is 11.6. The summed E-state index contributed by atoms with van der Waals surface area (Å²) in [4.78, 5) is 27.1. The molecule has 8 nitrogen and oxygen atoms in total. The second-order valence-electron chi connectivity index (χ2n) is 8.58. The number of nitrogens with zero attached hydrogens (tertiary/aromatic N) is 3. The van der Waals surface area contributed by atoms with Crippen LogP contribution in [0.4, 0.5) is 5.69 Å². The summed E-state index contributed by atoms with van der Waals surface area (Å²) < 4.78 is 30.6. The normalized spacial score (nSPS) is 16.1. The van der Waals surface area contributed by atoms with Crippen LogP contribution in [0.15, 0.2) is 65.7 Å². The summed E-state index contributed by atoms with van der Waals surface area (Å²) in [5.41, 5.74) is 3.03. The molecule has 0 radical (unpaired) electrons. The second kappa shape index (κ2) is 9.14. The third-order valence-corrected chi connectivity index (χ3v) is 8.04. The van der Waals surface area contributed by atoms with Crippen LogP contribution in [0.3, 0.4) is 0 Å². The second-order valence-corrected chi connectivity index (χ2v) is 10.9. The van der Waals surface area contributed by atoms with Crippen molar-refractivity contribution in [2.75, 3.05) is 17.2 Å². The predicted octanol–water partition coefficient (Wildman–Crippen LogP) is 4.77. The molecule has 1 saturated heterocycles. The smallest absolute Gasteiger partial charge is 0.178 e. The number of nitrogens with one attached hydrogen (secondary N) is 1. The van der Waals surface area contributed by atoms with Gasteiger partial charge in [0.25, 0.3) is 0 Å². The molecule has 1 N–H and O–H groups in total. The molecule has 0 spiro atoms. The fourth-order valence-corrected chi connectivity index (χ4v) is 5.33. The lowest BCUT2D eigenvalue weighted by Crippen LogP contribution is -2.34. The van der Waals surface area contributed by atoms with E-state index in [0.717, 1.165) is 36.3 Å². The molecule has 0 aliphatic carbocycles. The van der Waals surface area contributed by atoms with Crippen molar-refractivity contribution in [2.24, 2.45) is 0 Å². The van der Waals surface area contributed by atoms with Gasteiger partial charge in [-0.2, -0.15) is 0 Å². The Kier molecular flexibility index (Phi) is 6.02. The van der Waals surface area contributed by atoms with Gasteiger partial charge in [-0.05, 0) is 62.2 Å². The third kappa shape index (κ3) is 4.51. The maximum Gasteiger partial charge on any atom is 0.178 e. The van der Waals surface area contributed by atoms with Crippen LogP contribution in [0.2, 0.25) is 0 Å². The molecule has 1 aliphatic heterocycles. The molecular formula is C26H26N4O4S. The number of hydrogen-bond acceptors (Lipinski definition) is 7. The van der Waals surface area contributed by atoms with Crippen LogP contribution in [0, 0.1) is 0 Å². The zero-order valence-electron chi connectivity index (χ0n) is 19.6. The Labute approximate surface area is 203 Å². The number of aromatic amines is 1. The molecule has 2 aromatic heterocycles. The van der Waals surface area contributed by atoms with E-state index in [4.69, 9.17) is 9.72 Å². The molecule has 1 fully saturated rings. The Bertz CT molecular complexity index is 1480. The first-order chi connectivity index (χ1) is 16.9. The van der Waals surface area contributed by atoms with Gasteiger partial charge in [-0.15, -0.1) is 0 Å². The molecule has 3 heterocycles. The largest absolute Gasteiger partial charge is 0.455 e. The van der Waals surface area contributed by atoms with E-state index < -0.39 is 9.84 Å². The topological polar surface area (TPSA) is 105 Å². The number of Topliss-reactive ketones (excluding diaryl/α,β-unsaturated/α-hetero) is 1. The summed E-state index contributed by atoms with van der Waals surface area (Å²) in [5, 5.41) is 0. The molecular weight excluding hydrogens is 464 g/mol. The minimum atomic E-state index is -3.30. The van der Waals surface area contributed by atoms with Crippen LogP contribution < -0.4 is 9.64 Å². The molecule has 180 valence electrons. The summed E-state index contributed by atoms with van der Waals surface area (Å²) in [5.74, 6) is 1.84. The predicted molar refractivity (Wildman–Crippen MR) is 135 cm³/mol. The summed E-state index contributed by atoms with van der Waals surface area (Å²) in [7, 11) is -3.30. The van der Waals surface area contributed by atoms with Crippen LogP contribution in [0.25, 0.3) is 22.6 Å². The van der Waals surface area contributed by atoms with Gasteiger partial charge in [-0.3, -0.25) is 9.78 Å². The van der Waals surface area contributed by atoms with Crippen molar-refractivity contribution in [2.45, 2.75) is 37.6 Å². The van der Waals surface area contributed by atoms with Crippen molar-refractivity contribution in [1.82, 2.24) is 15.0 Å². The number of pyridine rings is 1. The molecule has 1 aliphatic rings. The fourth-order valence-electron chi connectivity index (χ4n) is 4.44. The average molecular weight is 491 g/mol. The highest BCUT2D eigenvalue weighted by atomic mass is 32.2. The minimum Gasteiger partial charge on any atom is -0.455 e. The number of fused-ring (bicyclic) bond motifs is 1. The quantitative estimate of drug-likeness (QED) is 0.398. The van der Waals surface area contributed by atoms with Crippen LogP contribution in [0.1, 0.15) is 26.7 Å². The molecule has 0 bridgehead atoms. The fraction of sp³-hybridized carbons (Fsp3) is 0.269. The number of ether oxygens (including phenoxy) is 1. The number of anilines is 1. The number of carbonyl (C=O) groups is 1. The van der Waals surface area contributed by atoms with Gasteiger partial charge in [0, 0.05) is 18.8 Å². The Balaban J connectivity index is 1.58. The highest BCUT2D eigenvalue weighted by molar-refractivity contribution is 7.91. The van der Waals surface area contributed by atoms with E-state index in [2.05, 4.69) is 14.9 Å². The van der Waals surface area contributed by atoms with Crippen LogP contribution in [-0.4, -0.2) is 47.5 Å². The van der Waals surface area contributed by atoms with Gasteiger partial charge in [0.05, 0.1) is 33.4 Å². The monoisotopic (exact) mass is 490 g/mol. The molecule has 4 aromatic rings. The number of ketones is 1. The number of hydrogen-bond donors (Lipinski definition) is 1. The first-order valence-corrected chi connectivity index (χ1v) is 13.2. The molecule has 5 rings (SSSR count). The number of imidazole rings is 1. The maximum absolute atomic E-state index is 12.3. The van der Waals surface area contributed by atoms with E-state index in [1.165, 1.54) is 0 Å². The third-order valence-electron chi connectivity index (χ3n) is 6.29. The van der Waals surface area contributed by atoms with E-state index >= 15 is 0 Å². The molecule has 9 heteroatoms. The Morgan fingerprint density at radius 2 is 1.97 bits per heavy atom. The van der Waals surface area contributed by atoms with Gasteiger partial charge in [0.1, 0.15) is 11.4 Å². The zero-order chi connectivity index (χ0) is 24.6. The van der Waals surface area contributed by atoms with E-state index in [1.807, 2.05) is 30.3 Å². The van der Waals surface area contributed by atoms with Gasteiger partial charge in [0.15, 0.2) is 27.2 Å². The molecule has 0 saturated carbocycles. The highest BCUT2D eigenvalue weighted by Crippen LogP contribution is 2.40. The van der Waals surface area contributed by atoms with Crippen molar-refractivity contribution in [1.29, 1.82) is 0 Å². The Hall–Kier alpha value is -3.72. The molecule has 0 amide bonds. The van der Waals surface area contributed by atoms with Crippen molar-refractivity contribution in [3.63, 3.8) is 0 Å². The van der Waals surface area contributed by atoms with Gasteiger partial charge in [-0.25, -0.2) is 13.4 Å². The van der Waals surface area contributed by atoms with Crippen LogP contribution >= 0.6 is 0 Å². The summed E-state index contributed by atoms with van der Waals surface area (Å²) in [6.45, 7) is 3.97. The van der Waals surface area contributed by atoms with Crippen molar-refractivity contribution < 1.29 is 17.9 Å². The average Bonchev–Trinajstić information content (AvgIpc) is 3.52. The number of H-pyrrole nitrogens is 1. The van der Waals surface area contributed by atoms with Gasteiger partial charge >= 0.3 is 0 Å². The number of sulfone groups is 1. The lowest BCUT2D eigenvalue weighted by Gasteiger charge is -2.27. The summed E-state index contributed by atoms with van der Waals surface area (Å²) in [6, 6.07) is 15.6. The first kappa shape index (κ1) is 23.0. The number of aromatic nitrogens is 3. The van der Waals surface area contributed by atoms with E-state index in [0.29, 0.717) is 22.8 Å². The van der Waals surface area contributed by atoms with E-state index in [-0.39, 0.29) is 22.5 Å². The molecule has 0 unspecified atom stereocenters. The Morgan fingerprint density at radius 3 is 2.66 bits per heavy atom. The van der Waals surface area contributed by atoms with E-state index in [1.54, 1.807) is 44.3 Å². The number of carbonyl (C=O) groups excluding carboxylic acids is 1. The SMILES string of the molecule is CCS(=O)(=O)c1ccc(Oc2cc3nc(-c4ccccn4)[nH]c3cc2N2CCC[C@@H]2C(C)=O)cc1. The zero-order valence-corrected chi connectivity index (χ0v) is 20.4. The minimum absolute atomic E-state index is 0.0349. The molecule has 1 atom stereocenters. The lowest BCUT2D eigenvalue weighted by molar-refractivity contribution is -0.118. The van der Waals surface area contributed by atoms with Crippen molar-refractivity contribution in [3.8, 4) is 23.0 Å². The van der Waals surface area contributed by atoms with Gasteiger partial charge in [0.2, 0.25) is 0 Å². The van der Waals surface area contributed by atoms with Crippen molar-refractivity contribution in [3.05, 3.63) is 60.8 Å². The standard InChI is InChI=1S/C26H26N4O4S/c1-3-35(32,33)19-11-9-18(10-12-19)34-25-16-22-21(28-26(29-22)20-7-4-5-13-27-20)15-24(25)30-14-6-8-23(30)17(2)31/h4-5,7,9-13,15-16,23H,3,6,8,14H2,1-2H3,(H,28,29)/t23-/m1/s1. The Morgan fingerprint density at radius 1 is 1.17 bits per heavy atom. The maximum atomic E-state index is 12.3. The van der Waals surface area contributed by atoms with E-state index in [9.17, 15) is 13.2 Å². The number of benzene rings is 2. The summed E-state index contributed by atoms with van der Waals surface area (Å²) in [6.07, 6.45) is 3.42. The lowest BCUT2D eigenvalue weighted by atomic mass is 10.1. The molecule has 2 aromatic carbocycles. The van der Waals surface area contributed by atoms with Gasteiger partial charge < -0.3 is 14.6 Å². The molecule has 35 heavy (non-hydrogen) atoms. The van der Waals surface area contributed by atoms with Crippen LogP contribution in [0.5, 0.6) is 11.5 Å². The van der Waals surface area contributed by atoms with Crippen molar-refractivity contribution >= 4 is 32.3 Å².